The van der Waals surface area contributed by atoms with Crippen molar-refractivity contribution in [3.05, 3.63) is 118 Å². The van der Waals surface area contributed by atoms with E-state index in [2.05, 4.69) is 22.0 Å². The van der Waals surface area contributed by atoms with Crippen molar-refractivity contribution in [2.45, 2.75) is 19.8 Å². The van der Waals surface area contributed by atoms with Crippen LogP contribution in [0, 0.1) is 18.3 Å². The van der Waals surface area contributed by atoms with E-state index in [1.54, 1.807) is 0 Å². The number of carbonyl (C=O) groups is 2. The maximum Gasteiger partial charge on any atom is 0.254 e. The van der Waals surface area contributed by atoms with E-state index < -0.39 is 5.92 Å². The molecule has 0 bridgehead atoms. The average Bonchev–Trinajstić information content (AvgIpc) is 2.89. The maximum absolute atomic E-state index is 13.4. The summed E-state index contributed by atoms with van der Waals surface area (Å²) < 4.78 is 0. The highest BCUT2D eigenvalue weighted by Crippen LogP contribution is 2.40. The Morgan fingerprint density at radius 2 is 1.56 bits per heavy atom. The summed E-state index contributed by atoms with van der Waals surface area (Å²) >= 11 is 1.25. The van der Waals surface area contributed by atoms with Crippen LogP contribution in [-0.4, -0.2) is 17.6 Å². The van der Waals surface area contributed by atoms with Gasteiger partial charge in [0.05, 0.1) is 28.3 Å². The van der Waals surface area contributed by atoms with E-state index in [1.807, 2.05) is 98.8 Å². The summed E-state index contributed by atoms with van der Waals surface area (Å²) in [5, 5.41) is 19.8. The number of nitrogens with one attached hydrogen (secondary N) is 3. The minimum atomic E-state index is -0.567. The van der Waals surface area contributed by atoms with Gasteiger partial charge in [-0.3, -0.25) is 9.59 Å². The van der Waals surface area contributed by atoms with Crippen LogP contribution in [-0.2, 0) is 9.59 Å². The molecule has 0 radical (unpaired) electrons. The molecule has 0 saturated heterocycles. The lowest BCUT2D eigenvalue weighted by Gasteiger charge is -2.30. The van der Waals surface area contributed by atoms with Crippen LogP contribution in [0.3, 0.4) is 0 Å². The SMILES string of the molecule is CC1=C(C(=O)Nc2ccccc2)[C@@H](c2ccccc2)C(C#N)=C(SCC(=O)Nc2ccccc2C)N1. The molecular weight excluding hydrogens is 468 g/mol. The van der Waals surface area contributed by atoms with Gasteiger partial charge in [-0.2, -0.15) is 5.26 Å². The van der Waals surface area contributed by atoms with E-state index >= 15 is 0 Å². The van der Waals surface area contributed by atoms with E-state index in [9.17, 15) is 14.9 Å². The number of nitriles is 1. The molecule has 2 amide bonds. The number of rotatable bonds is 7. The van der Waals surface area contributed by atoms with Gasteiger partial charge in [0.25, 0.3) is 5.91 Å². The molecule has 0 spiro atoms. The van der Waals surface area contributed by atoms with Crippen molar-refractivity contribution < 1.29 is 9.59 Å². The molecule has 1 aliphatic heterocycles. The third-order valence-electron chi connectivity index (χ3n) is 5.82. The number of thioether (sulfide) groups is 1. The normalized spacial score (nSPS) is 15.1. The molecule has 4 rings (SSSR count). The van der Waals surface area contributed by atoms with Crippen LogP contribution in [0.2, 0.25) is 0 Å². The molecule has 0 aliphatic carbocycles. The van der Waals surface area contributed by atoms with Crippen molar-refractivity contribution in [2.75, 3.05) is 16.4 Å². The van der Waals surface area contributed by atoms with Crippen LogP contribution >= 0.6 is 11.8 Å². The Balaban J connectivity index is 1.61. The van der Waals surface area contributed by atoms with Crippen molar-refractivity contribution >= 4 is 35.0 Å². The second-order valence-electron chi connectivity index (χ2n) is 8.33. The molecule has 0 fully saturated rings. The van der Waals surface area contributed by atoms with Gasteiger partial charge in [-0.15, -0.1) is 0 Å². The minimum absolute atomic E-state index is 0.113. The first-order valence-corrected chi connectivity index (χ1v) is 12.5. The van der Waals surface area contributed by atoms with Gasteiger partial charge in [-0.05, 0) is 43.2 Å². The number of dihydropyridines is 1. The number of allylic oxidation sites excluding steroid dienone is 2. The largest absolute Gasteiger partial charge is 0.353 e. The van der Waals surface area contributed by atoms with Crippen LogP contribution < -0.4 is 16.0 Å². The predicted octanol–water partition coefficient (Wildman–Crippen LogP) is 5.70. The molecule has 1 atom stereocenters. The molecule has 3 aromatic rings. The van der Waals surface area contributed by atoms with Crippen molar-refractivity contribution in [3.63, 3.8) is 0 Å². The number of nitrogens with zero attached hydrogens (tertiary/aromatic N) is 1. The van der Waals surface area contributed by atoms with Crippen LogP contribution in [0.4, 0.5) is 11.4 Å². The number of anilines is 2. The molecular formula is C29H26N4O2S. The van der Waals surface area contributed by atoms with Crippen molar-refractivity contribution in [1.82, 2.24) is 5.32 Å². The third kappa shape index (κ3) is 5.68. The Kier molecular flexibility index (Phi) is 7.89. The first kappa shape index (κ1) is 24.8. The standard InChI is InChI=1S/C29H26N4O2S/c1-19-11-9-10-16-24(19)33-25(34)18-36-29-23(17-30)27(21-12-5-3-6-13-21)26(20(2)31-29)28(35)32-22-14-7-4-8-15-22/h3-16,27,31H,18H2,1-2H3,(H,32,35)(H,33,34)/t27-/m0/s1. The summed E-state index contributed by atoms with van der Waals surface area (Å²) in [5.41, 5.74) is 4.74. The second kappa shape index (κ2) is 11.4. The van der Waals surface area contributed by atoms with Crippen LogP contribution in [0.25, 0.3) is 0 Å². The number of hydrogen-bond acceptors (Lipinski definition) is 5. The molecule has 36 heavy (non-hydrogen) atoms. The lowest BCUT2D eigenvalue weighted by atomic mass is 9.82. The monoisotopic (exact) mass is 494 g/mol. The van der Waals surface area contributed by atoms with Gasteiger partial charge in [0.1, 0.15) is 0 Å². The number of para-hydroxylation sites is 2. The number of benzene rings is 3. The molecule has 6 nitrogen and oxygen atoms in total. The van der Waals surface area contributed by atoms with Gasteiger partial charge in [0, 0.05) is 22.6 Å². The van der Waals surface area contributed by atoms with Gasteiger partial charge >= 0.3 is 0 Å². The highest BCUT2D eigenvalue weighted by atomic mass is 32.2. The average molecular weight is 495 g/mol. The lowest BCUT2D eigenvalue weighted by molar-refractivity contribution is -0.114. The number of aryl methyl sites for hydroxylation is 1. The van der Waals surface area contributed by atoms with E-state index in [-0.39, 0.29) is 17.6 Å². The summed E-state index contributed by atoms with van der Waals surface area (Å²) in [6.07, 6.45) is 0. The van der Waals surface area contributed by atoms with Crippen molar-refractivity contribution in [2.24, 2.45) is 0 Å². The van der Waals surface area contributed by atoms with Gasteiger partial charge in [0.15, 0.2) is 0 Å². The van der Waals surface area contributed by atoms with Gasteiger partial charge in [-0.1, -0.05) is 78.5 Å². The van der Waals surface area contributed by atoms with Gasteiger partial charge < -0.3 is 16.0 Å². The molecule has 1 heterocycles. The molecule has 3 N–H and O–H groups in total. The Morgan fingerprint density at radius 3 is 2.22 bits per heavy atom. The minimum Gasteiger partial charge on any atom is -0.353 e. The Bertz CT molecular complexity index is 1380. The Morgan fingerprint density at radius 1 is 0.917 bits per heavy atom. The Labute approximate surface area is 215 Å². The topological polar surface area (TPSA) is 94.0 Å². The summed E-state index contributed by atoms with van der Waals surface area (Å²) in [6.45, 7) is 3.75. The predicted molar refractivity (Wildman–Crippen MR) is 145 cm³/mol. The smallest absolute Gasteiger partial charge is 0.254 e. The highest BCUT2D eigenvalue weighted by Gasteiger charge is 2.34. The molecule has 0 unspecified atom stereocenters. The Hall–Kier alpha value is -4.28. The maximum atomic E-state index is 13.4. The third-order valence-corrected chi connectivity index (χ3v) is 6.84. The zero-order valence-corrected chi connectivity index (χ0v) is 20.9. The van der Waals surface area contributed by atoms with Gasteiger partial charge in [0.2, 0.25) is 5.91 Å². The van der Waals surface area contributed by atoms with Crippen LogP contribution in [0.1, 0.15) is 24.0 Å². The zero-order chi connectivity index (χ0) is 25.5. The van der Waals surface area contributed by atoms with Crippen LogP contribution in [0.5, 0.6) is 0 Å². The highest BCUT2D eigenvalue weighted by molar-refractivity contribution is 8.03. The quantitative estimate of drug-likeness (QED) is 0.392. The summed E-state index contributed by atoms with van der Waals surface area (Å²) in [5.74, 6) is -0.911. The number of hydrogen-bond donors (Lipinski definition) is 3. The first-order valence-electron chi connectivity index (χ1n) is 11.5. The summed E-state index contributed by atoms with van der Waals surface area (Å²) in [4.78, 5) is 26.1. The van der Waals surface area contributed by atoms with E-state index in [0.717, 1.165) is 16.8 Å². The van der Waals surface area contributed by atoms with Crippen molar-refractivity contribution in [3.8, 4) is 6.07 Å². The van der Waals surface area contributed by atoms with Gasteiger partial charge in [-0.25, -0.2) is 0 Å². The molecule has 7 heteroatoms. The first-order chi connectivity index (χ1) is 17.5. The lowest BCUT2D eigenvalue weighted by Crippen LogP contribution is -2.31. The number of carbonyl (C=O) groups excluding carboxylic acids is 2. The van der Waals surface area contributed by atoms with Crippen LogP contribution in [0.15, 0.2) is 107 Å². The summed E-state index contributed by atoms with van der Waals surface area (Å²) in [6, 6.07) is 28.6. The zero-order valence-electron chi connectivity index (χ0n) is 20.0. The fourth-order valence-corrected chi connectivity index (χ4v) is 4.96. The molecule has 0 aromatic heterocycles. The second-order valence-corrected chi connectivity index (χ2v) is 9.32. The van der Waals surface area contributed by atoms with E-state index in [0.29, 0.717) is 27.6 Å². The number of amides is 2. The molecule has 0 saturated carbocycles. The molecule has 180 valence electrons. The van der Waals surface area contributed by atoms with E-state index in [4.69, 9.17) is 0 Å². The van der Waals surface area contributed by atoms with E-state index in [1.165, 1.54) is 11.8 Å². The molecule has 1 aliphatic rings. The fourth-order valence-electron chi connectivity index (χ4n) is 4.06. The fraction of sp³-hybridized carbons (Fsp3) is 0.138. The summed E-state index contributed by atoms with van der Waals surface area (Å²) in [7, 11) is 0. The molecule has 3 aromatic carbocycles. The van der Waals surface area contributed by atoms with Crippen molar-refractivity contribution in [1.29, 1.82) is 5.26 Å².